The Morgan fingerprint density at radius 1 is 0.926 bits per heavy atom. The van der Waals surface area contributed by atoms with Crippen molar-refractivity contribution in [1.29, 1.82) is 0 Å². The van der Waals surface area contributed by atoms with Gasteiger partial charge in [-0.3, -0.25) is 9.80 Å². The second-order valence-corrected chi connectivity index (χ2v) is 9.39. The Morgan fingerprint density at radius 2 is 1.63 bits per heavy atom. The van der Waals surface area contributed by atoms with Gasteiger partial charge in [0.15, 0.2) is 0 Å². The number of benzene rings is 2. The third-order valence-electron chi connectivity index (χ3n) is 7.21. The highest BCUT2D eigenvalue weighted by molar-refractivity contribution is 5.34. The van der Waals surface area contributed by atoms with Crippen LogP contribution in [0.15, 0.2) is 54.6 Å². The van der Waals surface area contributed by atoms with Crippen molar-refractivity contribution in [2.75, 3.05) is 19.6 Å². The van der Waals surface area contributed by atoms with Gasteiger partial charge < -0.3 is 0 Å². The van der Waals surface area contributed by atoms with Crippen molar-refractivity contribution in [3.63, 3.8) is 0 Å². The molecule has 27 heavy (non-hydrogen) atoms. The van der Waals surface area contributed by atoms with Crippen molar-refractivity contribution in [1.82, 2.24) is 9.80 Å². The molecule has 2 heterocycles. The van der Waals surface area contributed by atoms with Gasteiger partial charge in [0, 0.05) is 31.2 Å². The molecule has 1 saturated carbocycles. The monoisotopic (exact) mass is 360 g/mol. The van der Waals surface area contributed by atoms with Crippen LogP contribution in [0.2, 0.25) is 0 Å². The van der Waals surface area contributed by atoms with E-state index in [1.54, 1.807) is 0 Å². The second-order valence-electron chi connectivity index (χ2n) is 9.39. The summed E-state index contributed by atoms with van der Waals surface area (Å²) >= 11 is 0. The van der Waals surface area contributed by atoms with Crippen LogP contribution in [0.1, 0.15) is 55.8 Å². The van der Waals surface area contributed by atoms with Crippen molar-refractivity contribution in [2.45, 2.75) is 57.2 Å². The highest BCUT2D eigenvalue weighted by Crippen LogP contribution is 2.45. The Morgan fingerprint density at radius 3 is 2.30 bits per heavy atom. The average molecular weight is 361 g/mol. The molecule has 3 aliphatic rings. The van der Waals surface area contributed by atoms with E-state index in [1.165, 1.54) is 55.5 Å². The number of fused-ring (bicyclic) bond motifs is 1. The Balaban J connectivity index is 1.38. The van der Waals surface area contributed by atoms with E-state index in [2.05, 4.69) is 78.2 Å². The minimum Gasteiger partial charge on any atom is -0.289 e. The van der Waals surface area contributed by atoms with E-state index >= 15 is 0 Å². The van der Waals surface area contributed by atoms with Crippen LogP contribution in [0.3, 0.4) is 0 Å². The van der Waals surface area contributed by atoms with E-state index in [4.69, 9.17) is 0 Å². The summed E-state index contributed by atoms with van der Waals surface area (Å²) in [7, 11) is 0. The summed E-state index contributed by atoms with van der Waals surface area (Å²) in [6.45, 7) is 8.32. The molecule has 142 valence electrons. The number of piperazine rings is 1. The molecule has 2 heteroatoms. The van der Waals surface area contributed by atoms with Crippen LogP contribution in [-0.2, 0) is 6.42 Å². The summed E-state index contributed by atoms with van der Waals surface area (Å²) in [5, 5.41) is 0. The molecule has 2 saturated heterocycles. The molecule has 2 aromatic rings. The first-order valence-corrected chi connectivity index (χ1v) is 10.8. The van der Waals surface area contributed by atoms with Crippen molar-refractivity contribution in [3.05, 3.63) is 71.3 Å². The van der Waals surface area contributed by atoms with Crippen LogP contribution in [0, 0.1) is 5.92 Å². The quantitative estimate of drug-likeness (QED) is 0.676. The molecule has 0 bridgehead atoms. The largest absolute Gasteiger partial charge is 0.289 e. The Labute approximate surface area is 164 Å². The van der Waals surface area contributed by atoms with Crippen molar-refractivity contribution in [3.8, 4) is 0 Å². The Bertz CT molecular complexity index is 776. The van der Waals surface area contributed by atoms with Crippen molar-refractivity contribution < 1.29 is 0 Å². The maximum Gasteiger partial charge on any atom is 0.0602 e. The van der Waals surface area contributed by atoms with Gasteiger partial charge in [-0.1, -0.05) is 67.4 Å². The molecule has 0 N–H and O–H groups in total. The third kappa shape index (κ3) is 3.46. The van der Waals surface area contributed by atoms with Gasteiger partial charge in [-0.05, 0) is 49.3 Å². The molecule has 0 radical (unpaired) electrons. The van der Waals surface area contributed by atoms with E-state index in [-0.39, 0.29) is 0 Å². The van der Waals surface area contributed by atoms with Gasteiger partial charge in [0.25, 0.3) is 0 Å². The van der Waals surface area contributed by atoms with Crippen LogP contribution >= 0.6 is 0 Å². The van der Waals surface area contributed by atoms with E-state index in [1.807, 2.05) is 0 Å². The molecule has 3 atom stereocenters. The van der Waals surface area contributed by atoms with Gasteiger partial charge in [-0.2, -0.15) is 0 Å². The average Bonchev–Trinajstić information content (AvgIpc) is 3.61. The third-order valence-corrected chi connectivity index (χ3v) is 7.21. The molecule has 2 aromatic carbocycles. The maximum atomic E-state index is 2.71. The van der Waals surface area contributed by atoms with Gasteiger partial charge >= 0.3 is 0 Å². The molecule has 2 nitrogen and oxygen atoms in total. The normalized spacial score (nSPS) is 27.8. The molecular formula is C25H32N2. The van der Waals surface area contributed by atoms with Crippen LogP contribution in [-0.4, -0.2) is 41.0 Å². The number of hydrogen-bond acceptors (Lipinski definition) is 2. The van der Waals surface area contributed by atoms with Gasteiger partial charge in [-0.15, -0.1) is 0 Å². The lowest BCUT2D eigenvalue weighted by Crippen LogP contribution is -2.41. The fourth-order valence-electron chi connectivity index (χ4n) is 5.10. The predicted molar refractivity (Wildman–Crippen MR) is 112 cm³/mol. The van der Waals surface area contributed by atoms with Gasteiger partial charge in [0.05, 0.1) is 6.04 Å². The number of rotatable bonds is 6. The standard InChI is InChI=1S/C25H32N2/c1-25(2)23-18-26(16-17-27(23)25)24(21-6-4-3-5-7-21)22-14-12-20(13-15-22)11-10-19-8-9-19/h3-7,12-15,19,23-24H,8-11,16-18H2,1-2H3. The molecule has 3 fully saturated rings. The summed E-state index contributed by atoms with van der Waals surface area (Å²) in [6, 6.07) is 21.7. The van der Waals surface area contributed by atoms with Gasteiger partial charge in [0.1, 0.15) is 0 Å². The topological polar surface area (TPSA) is 6.25 Å². The van der Waals surface area contributed by atoms with E-state index in [0.29, 0.717) is 11.6 Å². The Kier molecular flexibility index (Phi) is 4.37. The molecule has 2 aliphatic heterocycles. The fraction of sp³-hybridized carbons (Fsp3) is 0.520. The Hall–Kier alpha value is -1.64. The zero-order chi connectivity index (χ0) is 18.4. The maximum absolute atomic E-state index is 2.71. The highest BCUT2D eigenvalue weighted by Gasteiger charge is 2.57. The van der Waals surface area contributed by atoms with Crippen LogP contribution in [0.25, 0.3) is 0 Å². The van der Waals surface area contributed by atoms with Crippen molar-refractivity contribution >= 4 is 0 Å². The SMILES string of the molecule is CC1(C)C2CN(C(c3ccccc3)c3ccc(CCC4CC4)cc3)CCN21. The first kappa shape index (κ1) is 17.5. The van der Waals surface area contributed by atoms with E-state index in [0.717, 1.165) is 18.5 Å². The minimum absolute atomic E-state index is 0.377. The minimum atomic E-state index is 0.377. The summed E-state index contributed by atoms with van der Waals surface area (Å²) in [5.74, 6) is 1.01. The molecule has 0 amide bonds. The van der Waals surface area contributed by atoms with E-state index < -0.39 is 0 Å². The van der Waals surface area contributed by atoms with Gasteiger partial charge in [-0.25, -0.2) is 0 Å². The summed E-state index contributed by atoms with van der Waals surface area (Å²) < 4.78 is 0. The molecule has 0 aromatic heterocycles. The zero-order valence-corrected chi connectivity index (χ0v) is 16.8. The molecular weight excluding hydrogens is 328 g/mol. The lowest BCUT2D eigenvalue weighted by Gasteiger charge is -2.35. The molecule has 1 aliphatic carbocycles. The first-order valence-electron chi connectivity index (χ1n) is 10.8. The summed E-state index contributed by atoms with van der Waals surface area (Å²) in [4.78, 5) is 5.37. The number of aryl methyl sites for hydroxylation is 1. The molecule has 3 unspecified atom stereocenters. The summed E-state index contributed by atoms with van der Waals surface area (Å²) in [6.07, 6.45) is 5.53. The predicted octanol–water partition coefficient (Wildman–Crippen LogP) is 4.90. The molecule has 0 spiro atoms. The lowest BCUT2D eigenvalue weighted by molar-refractivity contribution is 0.172. The van der Waals surface area contributed by atoms with Crippen LogP contribution in [0.4, 0.5) is 0 Å². The first-order chi connectivity index (χ1) is 13.1. The van der Waals surface area contributed by atoms with Gasteiger partial charge in [0.2, 0.25) is 0 Å². The van der Waals surface area contributed by atoms with E-state index in [9.17, 15) is 0 Å². The second kappa shape index (κ2) is 6.76. The van der Waals surface area contributed by atoms with Crippen LogP contribution < -0.4 is 0 Å². The zero-order valence-electron chi connectivity index (χ0n) is 16.8. The fourth-order valence-corrected chi connectivity index (χ4v) is 5.10. The van der Waals surface area contributed by atoms with Crippen molar-refractivity contribution in [2.24, 2.45) is 5.92 Å². The number of hydrogen-bond donors (Lipinski definition) is 0. The molecule has 5 rings (SSSR count). The van der Waals surface area contributed by atoms with Crippen LogP contribution in [0.5, 0.6) is 0 Å². The number of nitrogens with zero attached hydrogens (tertiary/aromatic N) is 2. The lowest BCUT2D eigenvalue weighted by atomic mass is 9.94. The smallest absolute Gasteiger partial charge is 0.0602 e. The highest BCUT2D eigenvalue weighted by atomic mass is 15.5. The summed E-state index contributed by atoms with van der Waals surface area (Å²) in [5.41, 5.74) is 4.77.